The monoisotopic (exact) mass is 280 g/mol. The lowest BCUT2D eigenvalue weighted by molar-refractivity contribution is 0.0949. The minimum Gasteiger partial charge on any atom is -0.370 e. The number of aromatic nitrogens is 3. The molecule has 0 bridgehead atoms. The van der Waals surface area contributed by atoms with Crippen LogP contribution in [0.15, 0.2) is 24.7 Å². The molecule has 1 aliphatic rings. The Morgan fingerprint density at radius 2 is 2.15 bits per heavy atom. The number of hydrogen-bond donors (Lipinski definition) is 2. The molecule has 2 aromatic heterocycles. The SMILES string of the molecule is Fc1cncc(F)c1CN[C@@H]1CCO[C@H]1c1ccn[nH]1. The van der Waals surface area contributed by atoms with E-state index in [1.54, 1.807) is 6.20 Å². The first-order chi connectivity index (χ1) is 9.75. The van der Waals surface area contributed by atoms with E-state index in [-0.39, 0.29) is 24.3 Å². The zero-order valence-corrected chi connectivity index (χ0v) is 10.6. The first-order valence-electron chi connectivity index (χ1n) is 6.38. The van der Waals surface area contributed by atoms with Crippen molar-refractivity contribution in [3.8, 4) is 0 Å². The van der Waals surface area contributed by atoms with Crippen LogP contribution >= 0.6 is 0 Å². The highest BCUT2D eigenvalue weighted by molar-refractivity contribution is 5.15. The third-order valence-electron chi connectivity index (χ3n) is 3.41. The maximum absolute atomic E-state index is 13.5. The van der Waals surface area contributed by atoms with Crippen LogP contribution in [0.5, 0.6) is 0 Å². The predicted molar refractivity (Wildman–Crippen MR) is 66.7 cm³/mol. The number of H-pyrrole nitrogens is 1. The van der Waals surface area contributed by atoms with Gasteiger partial charge in [0, 0.05) is 31.0 Å². The summed E-state index contributed by atoms with van der Waals surface area (Å²) in [6, 6.07) is 1.82. The number of pyridine rings is 1. The molecule has 0 amide bonds. The fraction of sp³-hybridized carbons (Fsp3) is 0.385. The second-order valence-electron chi connectivity index (χ2n) is 4.66. The van der Waals surface area contributed by atoms with Crippen molar-refractivity contribution < 1.29 is 13.5 Å². The average Bonchev–Trinajstić information content (AvgIpc) is 3.08. The van der Waals surface area contributed by atoms with E-state index >= 15 is 0 Å². The van der Waals surface area contributed by atoms with Gasteiger partial charge in [0.05, 0.1) is 18.1 Å². The maximum Gasteiger partial charge on any atom is 0.148 e. The van der Waals surface area contributed by atoms with E-state index in [4.69, 9.17) is 4.74 Å². The van der Waals surface area contributed by atoms with Crippen LogP contribution in [0.1, 0.15) is 23.8 Å². The van der Waals surface area contributed by atoms with E-state index in [0.717, 1.165) is 24.5 Å². The minimum absolute atomic E-state index is 0.00439. The second-order valence-corrected chi connectivity index (χ2v) is 4.66. The summed E-state index contributed by atoms with van der Waals surface area (Å²) in [6.07, 6.45) is 4.27. The highest BCUT2D eigenvalue weighted by Gasteiger charge is 2.30. The first kappa shape index (κ1) is 13.1. The molecule has 7 heteroatoms. The van der Waals surface area contributed by atoms with Crippen molar-refractivity contribution in [3.63, 3.8) is 0 Å². The van der Waals surface area contributed by atoms with E-state index in [0.29, 0.717) is 6.61 Å². The number of nitrogens with zero attached hydrogens (tertiary/aromatic N) is 2. The Labute approximate surface area is 114 Å². The van der Waals surface area contributed by atoms with Gasteiger partial charge in [-0.1, -0.05) is 0 Å². The molecule has 0 radical (unpaired) electrons. The Kier molecular flexibility index (Phi) is 3.70. The number of rotatable bonds is 4. The number of hydrogen-bond acceptors (Lipinski definition) is 4. The Balaban J connectivity index is 1.69. The molecular weight excluding hydrogens is 266 g/mol. The summed E-state index contributed by atoms with van der Waals surface area (Å²) in [7, 11) is 0. The van der Waals surface area contributed by atoms with Crippen molar-refractivity contribution in [1.82, 2.24) is 20.5 Å². The molecule has 0 saturated carbocycles. The number of ether oxygens (including phenoxy) is 1. The van der Waals surface area contributed by atoms with Crippen LogP contribution in [0, 0.1) is 11.6 Å². The molecule has 0 unspecified atom stereocenters. The van der Waals surface area contributed by atoms with Crippen LogP contribution in [-0.2, 0) is 11.3 Å². The summed E-state index contributed by atoms with van der Waals surface area (Å²) in [5.74, 6) is -1.29. The van der Waals surface area contributed by atoms with Crippen LogP contribution in [0.3, 0.4) is 0 Å². The number of aromatic amines is 1. The highest BCUT2D eigenvalue weighted by Crippen LogP contribution is 2.28. The van der Waals surface area contributed by atoms with Crippen molar-refractivity contribution in [3.05, 3.63) is 47.5 Å². The molecule has 0 aromatic carbocycles. The van der Waals surface area contributed by atoms with Crippen LogP contribution in [0.2, 0.25) is 0 Å². The molecule has 5 nitrogen and oxygen atoms in total. The molecule has 0 spiro atoms. The third-order valence-corrected chi connectivity index (χ3v) is 3.41. The number of nitrogens with one attached hydrogen (secondary N) is 2. The molecular formula is C13H14F2N4O. The Morgan fingerprint density at radius 1 is 1.35 bits per heavy atom. The van der Waals surface area contributed by atoms with Gasteiger partial charge in [-0.25, -0.2) is 8.78 Å². The number of halogens is 2. The lowest BCUT2D eigenvalue weighted by Crippen LogP contribution is -2.32. The topological polar surface area (TPSA) is 62.8 Å². The van der Waals surface area contributed by atoms with Crippen molar-refractivity contribution >= 4 is 0 Å². The van der Waals surface area contributed by atoms with Gasteiger partial charge < -0.3 is 10.1 Å². The first-order valence-corrected chi connectivity index (χ1v) is 6.38. The van der Waals surface area contributed by atoms with E-state index < -0.39 is 11.6 Å². The van der Waals surface area contributed by atoms with Gasteiger partial charge in [-0.15, -0.1) is 0 Å². The summed E-state index contributed by atoms with van der Waals surface area (Å²) in [5, 5.41) is 9.88. The van der Waals surface area contributed by atoms with Crippen molar-refractivity contribution in [1.29, 1.82) is 0 Å². The molecule has 1 fully saturated rings. The molecule has 2 aromatic rings. The molecule has 1 saturated heterocycles. The van der Waals surface area contributed by atoms with Crippen LogP contribution in [-0.4, -0.2) is 27.8 Å². The second kappa shape index (κ2) is 5.64. The van der Waals surface area contributed by atoms with Crippen LogP contribution in [0.25, 0.3) is 0 Å². The summed E-state index contributed by atoms with van der Waals surface area (Å²) in [6.45, 7) is 0.696. The lowest BCUT2D eigenvalue weighted by atomic mass is 10.1. The van der Waals surface area contributed by atoms with Gasteiger partial charge in [0.25, 0.3) is 0 Å². The molecule has 3 rings (SSSR count). The van der Waals surface area contributed by atoms with Gasteiger partial charge >= 0.3 is 0 Å². The minimum atomic E-state index is -0.644. The summed E-state index contributed by atoms with van der Waals surface area (Å²) < 4.78 is 32.6. The predicted octanol–water partition coefficient (Wildman–Crippen LogP) is 1.70. The van der Waals surface area contributed by atoms with Crippen LogP contribution < -0.4 is 5.32 Å². The normalized spacial score (nSPS) is 22.3. The van der Waals surface area contributed by atoms with Gasteiger partial charge in [0.15, 0.2) is 0 Å². The third kappa shape index (κ3) is 2.54. The quantitative estimate of drug-likeness (QED) is 0.895. The van der Waals surface area contributed by atoms with Crippen molar-refractivity contribution in [2.75, 3.05) is 6.61 Å². The highest BCUT2D eigenvalue weighted by atomic mass is 19.1. The fourth-order valence-electron chi connectivity index (χ4n) is 2.37. The Hall–Kier alpha value is -1.86. The fourth-order valence-corrected chi connectivity index (χ4v) is 2.37. The summed E-state index contributed by atoms with van der Waals surface area (Å²) in [4.78, 5) is 3.46. The molecule has 2 N–H and O–H groups in total. The molecule has 3 heterocycles. The molecule has 2 atom stereocenters. The summed E-state index contributed by atoms with van der Waals surface area (Å²) in [5.41, 5.74) is 0.853. The van der Waals surface area contributed by atoms with E-state index in [1.165, 1.54) is 0 Å². The van der Waals surface area contributed by atoms with Crippen molar-refractivity contribution in [2.45, 2.75) is 25.1 Å². The summed E-state index contributed by atoms with van der Waals surface area (Å²) >= 11 is 0. The average molecular weight is 280 g/mol. The van der Waals surface area contributed by atoms with Crippen LogP contribution in [0.4, 0.5) is 8.78 Å². The Morgan fingerprint density at radius 3 is 2.85 bits per heavy atom. The Bertz CT molecular complexity index is 556. The maximum atomic E-state index is 13.5. The molecule has 1 aliphatic heterocycles. The van der Waals surface area contributed by atoms with E-state index in [9.17, 15) is 8.78 Å². The van der Waals surface area contributed by atoms with E-state index in [2.05, 4.69) is 20.5 Å². The van der Waals surface area contributed by atoms with E-state index in [1.807, 2.05) is 6.07 Å². The zero-order chi connectivity index (χ0) is 13.9. The van der Waals surface area contributed by atoms with Gasteiger partial charge in [-0.2, -0.15) is 5.10 Å². The largest absolute Gasteiger partial charge is 0.370 e. The van der Waals surface area contributed by atoms with Crippen molar-refractivity contribution in [2.24, 2.45) is 0 Å². The molecule has 106 valence electrons. The van der Waals surface area contributed by atoms with Gasteiger partial charge in [-0.3, -0.25) is 10.1 Å². The van der Waals surface area contributed by atoms with Gasteiger partial charge in [0.1, 0.15) is 17.7 Å². The molecule has 20 heavy (non-hydrogen) atoms. The zero-order valence-electron chi connectivity index (χ0n) is 10.6. The molecule has 0 aliphatic carbocycles. The smallest absolute Gasteiger partial charge is 0.148 e. The van der Waals surface area contributed by atoms with Gasteiger partial charge in [0.2, 0.25) is 0 Å². The lowest BCUT2D eigenvalue weighted by Gasteiger charge is -2.19. The standard InChI is InChI=1S/C13H14F2N4O/c14-9-6-16-7-10(15)8(9)5-17-11-2-4-20-13(11)12-1-3-18-19-12/h1,3,6-7,11,13,17H,2,4-5H2,(H,18,19)/t11-,13-/m1/s1. The van der Waals surface area contributed by atoms with Gasteiger partial charge in [-0.05, 0) is 12.5 Å².